The van der Waals surface area contributed by atoms with E-state index in [1.54, 1.807) is 0 Å². The highest BCUT2D eigenvalue weighted by atomic mass is 16.5. The van der Waals surface area contributed by atoms with Crippen LogP contribution in [-0.4, -0.2) is 32.2 Å². The number of hydrogen-bond donors (Lipinski definition) is 2. The minimum Gasteiger partial charge on any atom is -0.466 e. The summed E-state index contributed by atoms with van der Waals surface area (Å²) in [4.78, 5) is 11.4. The van der Waals surface area contributed by atoms with E-state index >= 15 is 0 Å². The number of ether oxygens (including phenoxy) is 1. The molecule has 1 rings (SSSR count). The third kappa shape index (κ3) is 2.96. The summed E-state index contributed by atoms with van der Waals surface area (Å²) in [6.07, 6.45) is 2.57. The summed E-state index contributed by atoms with van der Waals surface area (Å²) >= 11 is 0. The second-order valence-corrected chi connectivity index (χ2v) is 3.97. The molecule has 3 N–H and O–H groups in total. The Hall–Kier alpha value is -0.610. The average Bonchev–Trinajstić information content (AvgIpc) is 2.19. The van der Waals surface area contributed by atoms with Crippen molar-refractivity contribution in [2.24, 2.45) is 11.1 Å². The molecule has 4 heteroatoms. The number of hydrogen-bond acceptors (Lipinski definition) is 4. The zero-order valence-electron chi connectivity index (χ0n) is 8.84. The molecule has 0 aromatic rings. The molecule has 14 heavy (non-hydrogen) atoms. The molecular formula is C10H20N2O2. The molecular weight excluding hydrogens is 180 g/mol. The summed E-state index contributed by atoms with van der Waals surface area (Å²) in [5.41, 5.74) is 5.67. The molecule has 0 aliphatic carbocycles. The molecule has 4 nitrogen and oxygen atoms in total. The van der Waals surface area contributed by atoms with Crippen LogP contribution in [0.15, 0.2) is 0 Å². The third-order valence-corrected chi connectivity index (χ3v) is 2.82. The van der Waals surface area contributed by atoms with Crippen molar-refractivity contribution >= 4 is 5.97 Å². The highest BCUT2D eigenvalue weighted by molar-refractivity contribution is 5.70. The maximum Gasteiger partial charge on any atom is 0.306 e. The van der Waals surface area contributed by atoms with Crippen molar-refractivity contribution in [2.45, 2.75) is 26.2 Å². The Balaban J connectivity index is 2.47. The Morgan fingerprint density at radius 2 is 2.43 bits per heavy atom. The summed E-state index contributed by atoms with van der Waals surface area (Å²) in [5.74, 6) is -0.123. The zero-order chi connectivity index (χ0) is 10.4. The quantitative estimate of drug-likeness (QED) is 0.639. The maximum absolute atomic E-state index is 11.4. The molecule has 1 aliphatic heterocycles. The minimum absolute atomic E-state index is 0.0650. The molecule has 82 valence electrons. The van der Waals surface area contributed by atoms with Gasteiger partial charge in [0.15, 0.2) is 0 Å². The lowest BCUT2D eigenvalue weighted by Crippen LogP contribution is -2.46. The molecule has 0 aromatic carbocycles. The van der Waals surface area contributed by atoms with Crippen LogP contribution in [0.2, 0.25) is 0 Å². The molecule has 0 amide bonds. The van der Waals surface area contributed by atoms with Gasteiger partial charge in [0.05, 0.1) is 13.0 Å². The van der Waals surface area contributed by atoms with Crippen LogP contribution in [0.5, 0.6) is 0 Å². The van der Waals surface area contributed by atoms with Crippen LogP contribution < -0.4 is 11.1 Å². The Morgan fingerprint density at radius 1 is 1.64 bits per heavy atom. The van der Waals surface area contributed by atoms with E-state index in [4.69, 9.17) is 10.5 Å². The zero-order valence-corrected chi connectivity index (χ0v) is 8.84. The molecule has 0 aromatic heterocycles. The van der Waals surface area contributed by atoms with E-state index < -0.39 is 0 Å². The fourth-order valence-electron chi connectivity index (χ4n) is 1.95. The molecule has 1 saturated heterocycles. The molecule has 1 heterocycles. The largest absolute Gasteiger partial charge is 0.466 e. The number of carbonyl (C=O) groups is 1. The van der Waals surface area contributed by atoms with Gasteiger partial charge >= 0.3 is 5.97 Å². The van der Waals surface area contributed by atoms with Gasteiger partial charge in [-0.25, -0.2) is 0 Å². The Morgan fingerprint density at radius 3 is 2.93 bits per heavy atom. The van der Waals surface area contributed by atoms with Crippen LogP contribution in [0.4, 0.5) is 0 Å². The first-order chi connectivity index (χ1) is 6.72. The fourth-order valence-corrected chi connectivity index (χ4v) is 1.95. The van der Waals surface area contributed by atoms with Gasteiger partial charge in [-0.2, -0.15) is 0 Å². The molecule has 0 spiro atoms. The lowest BCUT2D eigenvalue weighted by molar-refractivity contribution is -0.146. The lowest BCUT2D eigenvalue weighted by Gasteiger charge is -2.35. The molecule has 0 radical (unpaired) electrons. The van der Waals surface area contributed by atoms with Crippen LogP contribution >= 0.6 is 0 Å². The molecule has 1 aliphatic rings. The van der Waals surface area contributed by atoms with Crippen molar-refractivity contribution in [3.05, 3.63) is 0 Å². The van der Waals surface area contributed by atoms with Gasteiger partial charge in [0.25, 0.3) is 0 Å². The highest BCUT2D eigenvalue weighted by Crippen LogP contribution is 2.29. The second kappa shape index (κ2) is 5.32. The molecule has 1 atom stereocenters. The monoisotopic (exact) mass is 200 g/mol. The first-order valence-electron chi connectivity index (χ1n) is 5.29. The van der Waals surface area contributed by atoms with E-state index in [1.807, 2.05) is 6.92 Å². The summed E-state index contributed by atoms with van der Waals surface area (Å²) in [6.45, 7) is 4.70. The summed E-state index contributed by atoms with van der Waals surface area (Å²) in [5, 5.41) is 3.29. The Kier molecular flexibility index (Phi) is 4.35. The van der Waals surface area contributed by atoms with Crippen LogP contribution in [0.1, 0.15) is 26.2 Å². The lowest BCUT2D eigenvalue weighted by atomic mass is 9.78. The van der Waals surface area contributed by atoms with Gasteiger partial charge in [-0.3, -0.25) is 4.79 Å². The van der Waals surface area contributed by atoms with Crippen molar-refractivity contribution in [2.75, 3.05) is 26.2 Å². The summed E-state index contributed by atoms with van der Waals surface area (Å²) in [6, 6.07) is 0. The number of nitrogens with one attached hydrogen (secondary N) is 1. The van der Waals surface area contributed by atoms with Crippen LogP contribution in [0.25, 0.3) is 0 Å². The van der Waals surface area contributed by atoms with E-state index in [9.17, 15) is 4.79 Å². The molecule has 0 saturated carbocycles. The van der Waals surface area contributed by atoms with E-state index in [-0.39, 0.29) is 11.4 Å². The van der Waals surface area contributed by atoms with Gasteiger partial charge in [0, 0.05) is 12.0 Å². The van der Waals surface area contributed by atoms with Gasteiger partial charge in [-0.05, 0) is 32.9 Å². The van der Waals surface area contributed by atoms with E-state index in [1.165, 1.54) is 0 Å². The van der Waals surface area contributed by atoms with E-state index in [0.717, 1.165) is 25.9 Å². The number of esters is 1. The fraction of sp³-hybridized carbons (Fsp3) is 0.900. The van der Waals surface area contributed by atoms with Crippen LogP contribution in [0.3, 0.4) is 0 Å². The first kappa shape index (κ1) is 11.5. The van der Waals surface area contributed by atoms with Crippen molar-refractivity contribution in [3.8, 4) is 0 Å². The minimum atomic E-state index is -0.123. The van der Waals surface area contributed by atoms with Crippen molar-refractivity contribution < 1.29 is 9.53 Å². The standard InChI is InChI=1S/C10H20N2O2/c1-2-14-9(13)6-10(7-11)4-3-5-12-8-10/h12H,2-8,11H2,1H3. The summed E-state index contributed by atoms with van der Waals surface area (Å²) < 4.78 is 4.95. The Bertz CT molecular complexity index is 189. The molecule has 1 unspecified atom stereocenters. The van der Waals surface area contributed by atoms with Crippen molar-refractivity contribution in [3.63, 3.8) is 0 Å². The van der Waals surface area contributed by atoms with Gasteiger partial charge < -0.3 is 15.8 Å². The van der Waals surface area contributed by atoms with Crippen molar-refractivity contribution in [1.29, 1.82) is 0 Å². The number of carbonyl (C=O) groups excluding carboxylic acids is 1. The number of nitrogens with two attached hydrogens (primary N) is 1. The second-order valence-electron chi connectivity index (χ2n) is 3.97. The Labute approximate surface area is 85.2 Å². The van der Waals surface area contributed by atoms with Crippen LogP contribution in [-0.2, 0) is 9.53 Å². The maximum atomic E-state index is 11.4. The van der Waals surface area contributed by atoms with Gasteiger partial charge in [0.2, 0.25) is 0 Å². The van der Waals surface area contributed by atoms with Crippen LogP contribution in [0, 0.1) is 5.41 Å². The normalized spacial score (nSPS) is 27.3. The average molecular weight is 200 g/mol. The van der Waals surface area contributed by atoms with Gasteiger partial charge in [-0.1, -0.05) is 0 Å². The predicted octanol–water partition coefficient (Wildman–Crippen LogP) is 0.268. The first-order valence-corrected chi connectivity index (χ1v) is 5.29. The SMILES string of the molecule is CCOC(=O)CC1(CN)CCCNC1. The van der Waals surface area contributed by atoms with Gasteiger partial charge in [-0.15, -0.1) is 0 Å². The molecule has 1 fully saturated rings. The molecule has 0 bridgehead atoms. The third-order valence-electron chi connectivity index (χ3n) is 2.82. The smallest absolute Gasteiger partial charge is 0.306 e. The highest BCUT2D eigenvalue weighted by Gasteiger charge is 2.33. The van der Waals surface area contributed by atoms with Crippen molar-refractivity contribution in [1.82, 2.24) is 5.32 Å². The number of piperidine rings is 1. The number of rotatable bonds is 4. The van der Waals surface area contributed by atoms with Gasteiger partial charge in [0.1, 0.15) is 0 Å². The van der Waals surface area contributed by atoms with E-state index in [2.05, 4.69) is 5.32 Å². The topological polar surface area (TPSA) is 64.3 Å². The predicted molar refractivity (Wildman–Crippen MR) is 54.8 cm³/mol. The van der Waals surface area contributed by atoms with E-state index in [0.29, 0.717) is 19.6 Å². The summed E-state index contributed by atoms with van der Waals surface area (Å²) in [7, 11) is 0.